The summed E-state index contributed by atoms with van der Waals surface area (Å²) in [6.45, 7) is 7.47. The summed E-state index contributed by atoms with van der Waals surface area (Å²) in [4.78, 5) is 49.4. The minimum absolute atomic E-state index is 0.0321. The van der Waals surface area contributed by atoms with E-state index in [0.717, 1.165) is 16.1 Å². The van der Waals surface area contributed by atoms with Crippen molar-refractivity contribution in [2.45, 2.75) is 58.2 Å². The van der Waals surface area contributed by atoms with Gasteiger partial charge in [0.2, 0.25) is 11.8 Å². The van der Waals surface area contributed by atoms with Gasteiger partial charge < -0.3 is 19.8 Å². The van der Waals surface area contributed by atoms with Crippen LogP contribution in [0.3, 0.4) is 0 Å². The fraction of sp³-hybridized carbons (Fsp3) is 0.458. The Morgan fingerprint density at radius 1 is 1.29 bits per heavy atom. The zero-order valence-corrected chi connectivity index (χ0v) is 20.8. The Morgan fingerprint density at radius 2 is 2.06 bits per heavy atom. The van der Waals surface area contributed by atoms with Crippen molar-refractivity contribution in [1.82, 2.24) is 25.3 Å². The number of nitrogens with one attached hydrogen (secondary N) is 2. The van der Waals surface area contributed by atoms with Crippen LogP contribution in [-0.2, 0) is 9.59 Å². The number of thiazole rings is 1. The van der Waals surface area contributed by atoms with E-state index in [1.807, 2.05) is 39.8 Å². The first kappa shape index (κ1) is 24.8. The topological polar surface area (TPSA) is 141 Å². The number of hydrogen-bond donors (Lipinski definition) is 3. The third kappa shape index (κ3) is 5.20. The maximum Gasteiger partial charge on any atom is 0.280 e. The van der Waals surface area contributed by atoms with Gasteiger partial charge in [-0.15, -0.1) is 11.3 Å². The standard InChI is InChI=1S/C24H29N5O5S/c1-12(2)21(19-8-20(31)28-34-19)24(33)29-10-16(30)7-18(29)23(32)27-13(3)17-6-5-15(9-25-17)22-14(4)26-11-35-22/h5-6,8-9,11-13,16,18,21,30H,7,10H2,1-4H3,(H,27,32)(H,28,31)/t13-,16+,18-,21?/m0/s1. The van der Waals surface area contributed by atoms with Crippen molar-refractivity contribution in [2.75, 3.05) is 6.54 Å². The lowest BCUT2D eigenvalue weighted by Crippen LogP contribution is -2.48. The molecule has 0 radical (unpaired) electrons. The summed E-state index contributed by atoms with van der Waals surface area (Å²) in [6, 6.07) is 3.80. The molecule has 186 valence electrons. The first-order chi connectivity index (χ1) is 16.7. The van der Waals surface area contributed by atoms with E-state index >= 15 is 0 Å². The van der Waals surface area contributed by atoms with Gasteiger partial charge in [-0.25, -0.2) is 4.98 Å². The van der Waals surface area contributed by atoms with Crippen molar-refractivity contribution in [3.05, 3.63) is 57.4 Å². The Labute approximate surface area is 206 Å². The average Bonchev–Trinajstić information content (AvgIpc) is 3.53. The fourth-order valence-corrected chi connectivity index (χ4v) is 5.23. The van der Waals surface area contributed by atoms with Gasteiger partial charge in [0.1, 0.15) is 12.0 Å². The third-order valence-corrected chi connectivity index (χ3v) is 7.22. The van der Waals surface area contributed by atoms with Crippen LogP contribution in [-0.4, -0.2) is 55.6 Å². The van der Waals surface area contributed by atoms with Gasteiger partial charge in [-0.3, -0.25) is 19.4 Å². The van der Waals surface area contributed by atoms with E-state index in [4.69, 9.17) is 4.52 Å². The molecule has 3 aromatic heterocycles. The molecule has 4 heterocycles. The number of likely N-dealkylation sites (tertiary alicyclic amines) is 1. The second kappa shape index (κ2) is 10.1. The predicted octanol–water partition coefficient (Wildman–Crippen LogP) is 2.37. The van der Waals surface area contributed by atoms with Gasteiger partial charge in [-0.2, -0.15) is 5.16 Å². The Morgan fingerprint density at radius 3 is 2.63 bits per heavy atom. The first-order valence-corrected chi connectivity index (χ1v) is 12.4. The molecule has 0 aliphatic carbocycles. The molecule has 3 N–H and O–H groups in total. The number of amides is 2. The number of aryl methyl sites for hydroxylation is 1. The number of aliphatic hydroxyl groups is 1. The number of carbonyl (C=O) groups excluding carboxylic acids is 2. The molecule has 0 spiro atoms. The van der Waals surface area contributed by atoms with Crippen LogP contribution in [0.4, 0.5) is 0 Å². The molecule has 4 rings (SSSR count). The van der Waals surface area contributed by atoms with E-state index in [0.29, 0.717) is 5.69 Å². The van der Waals surface area contributed by atoms with Gasteiger partial charge in [0.25, 0.3) is 5.56 Å². The highest BCUT2D eigenvalue weighted by atomic mass is 32.1. The number of H-pyrrole nitrogens is 1. The molecule has 1 unspecified atom stereocenters. The molecule has 1 aliphatic heterocycles. The van der Waals surface area contributed by atoms with E-state index in [-0.39, 0.29) is 36.5 Å². The Balaban J connectivity index is 1.48. The van der Waals surface area contributed by atoms with E-state index in [2.05, 4.69) is 20.4 Å². The van der Waals surface area contributed by atoms with Crippen LogP contribution in [0.15, 0.2) is 39.2 Å². The predicted molar refractivity (Wildman–Crippen MR) is 130 cm³/mol. The molecule has 1 aliphatic rings. The largest absolute Gasteiger partial charge is 0.391 e. The lowest BCUT2D eigenvalue weighted by molar-refractivity contribution is -0.141. The van der Waals surface area contributed by atoms with Crippen LogP contribution >= 0.6 is 11.3 Å². The molecule has 0 saturated carbocycles. The molecule has 10 nitrogen and oxygen atoms in total. The van der Waals surface area contributed by atoms with Crippen LogP contribution in [0.25, 0.3) is 10.4 Å². The van der Waals surface area contributed by atoms with Crippen LogP contribution in [0.5, 0.6) is 0 Å². The molecule has 0 aromatic carbocycles. The van der Waals surface area contributed by atoms with Gasteiger partial charge in [-0.1, -0.05) is 19.9 Å². The fourth-order valence-electron chi connectivity index (χ4n) is 4.43. The van der Waals surface area contributed by atoms with Crippen LogP contribution < -0.4 is 10.9 Å². The molecule has 35 heavy (non-hydrogen) atoms. The average molecular weight is 500 g/mol. The summed E-state index contributed by atoms with van der Waals surface area (Å²) >= 11 is 1.54. The Hall–Kier alpha value is -3.31. The summed E-state index contributed by atoms with van der Waals surface area (Å²) in [6.07, 6.45) is 1.06. The summed E-state index contributed by atoms with van der Waals surface area (Å²) in [5, 5.41) is 15.4. The molecule has 4 atom stereocenters. The van der Waals surface area contributed by atoms with E-state index < -0.39 is 29.7 Å². The minimum Gasteiger partial charge on any atom is -0.391 e. The van der Waals surface area contributed by atoms with Gasteiger partial charge in [0, 0.05) is 30.8 Å². The van der Waals surface area contributed by atoms with Gasteiger partial charge >= 0.3 is 0 Å². The number of carbonyl (C=O) groups is 2. The highest BCUT2D eigenvalue weighted by Crippen LogP contribution is 2.31. The van der Waals surface area contributed by atoms with Gasteiger partial charge in [0.15, 0.2) is 5.76 Å². The van der Waals surface area contributed by atoms with Gasteiger partial charge in [-0.05, 0) is 25.8 Å². The van der Waals surface area contributed by atoms with Crippen molar-refractivity contribution >= 4 is 23.2 Å². The number of aliphatic hydroxyl groups excluding tert-OH is 1. The monoisotopic (exact) mass is 499 g/mol. The summed E-state index contributed by atoms with van der Waals surface area (Å²) in [5.74, 6) is -1.47. The van der Waals surface area contributed by atoms with Crippen LogP contribution in [0.1, 0.15) is 56.3 Å². The number of aromatic nitrogens is 3. The summed E-state index contributed by atoms with van der Waals surface area (Å²) < 4.78 is 5.20. The van der Waals surface area contributed by atoms with Gasteiger partial charge in [0.05, 0.1) is 33.9 Å². The second-order valence-electron chi connectivity index (χ2n) is 9.20. The Kier molecular flexibility index (Phi) is 7.18. The minimum atomic E-state index is -0.842. The first-order valence-electron chi connectivity index (χ1n) is 11.5. The number of hydrogen-bond acceptors (Lipinski definition) is 8. The molecule has 0 bridgehead atoms. The summed E-state index contributed by atoms with van der Waals surface area (Å²) in [5.41, 5.74) is 3.92. The highest BCUT2D eigenvalue weighted by Gasteiger charge is 2.43. The van der Waals surface area contributed by atoms with E-state index in [1.165, 1.54) is 11.0 Å². The Bertz CT molecular complexity index is 1250. The van der Waals surface area contributed by atoms with Crippen LogP contribution in [0.2, 0.25) is 0 Å². The lowest BCUT2D eigenvalue weighted by atomic mass is 9.91. The summed E-state index contributed by atoms with van der Waals surface area (Å²) in [7, 11) is 0. The maximum absolute atomic E-state index is 13.4. The normalized spacial score (nSPS) is 19.7. The molecule has 3 aromatic rings. The molecular weight excluding hydrogens is 470 g/mol. The van der Waals surface area contributed by atoms with E-state index in [9.17, 15) is 19.5 Å². The highest BCUT2D eigenvalue weighted by molar-refractivity contribution is 7.13. The molecule has 1 saturated heterocycles. The zero-order chi connectivity index (χ0) is 25.3. The zero-order valence-electron chi connectivity index (χ0n) is 20.0. The number of rotatable bonds is 7. The number of aromatic amines is 1. The van der Waals surface area contributed by atoms with Crippen molar-refractivity contribution in [3.8, 4) is 10.4 Å². The van der Waals surface area contributed by atoms with Crippen LogP contribution in [0, 0.1) is 12.8 Å². The molecule has 2 amide bonds. The van der Waals surface area contributed by atoms with E-state index in [1.54, 1.807) is 23.0 Å². The molecule has 1 fully saturated rings. The number of pyridine rings is 1. The number of nitrogens with zero attached hydrogens (tertiary/aromatic N) is 3. The third-order valence-electron chi connectivity index (χ3n) is 6.24. The SMILES string of the molecule is Cc1ncsc1-c1ccc([C@H](C)NC(=O)[C@@H]2C[C@@H](O)CN2C(=O)C(c2cc(=O)[nH]o2)C(C)C)nc1. The quantitative estimate of drug-likeness (QED) is 0.453. The smallest absolute Gasteiger partial charge is 0.280 e. The van der Waals surface area contributed by atoms with Crippen molar-refractivity contribution in [2.24, 2.45) is 5.92 Å². The van der Waals surface area contributed by atoms with Crippen molar-refractivity contribution in [3.63, 3.8) is 0 Å². The van der Waals surface area contributed by atoms with Crippen molar-refractivity contribution < 1.29 is 19.2 Å². The molecule has 11 heteroatoms. The molecular formula is C24H29N5O5S. The maximum atomic E-state index is 13.4. The number of β-amino-alcohol motifs (C(OH)–C–C–N with tert-alkyl or cyclic N) is 1. The lowest BCUT2D eigenvalue weighted by Gasteiger charge is -2.29. The van der Waals surface area contributed by atoms with Crippen molar-refractivity contribution in [1.29, 1.82) is 0 Å². The second-order valence-corrected chi connectivity index (χ2v) is 10.1.